The highest BCUT2D eigenvalue weighted by atomic mass is 32.1. The van der Waals surface area contributed by atoms with Crippen LogP contribution in [0.4, 0.5) is 5.13 Å². The second-order valence-electron chi connectivity index (χ2n) is 6.14. The van der Waals surface area contributed by atoms with Gasteiger partial charge in [-0.05, 0) is 0 Å². The van der Waals surface area contributed by atoms with E-state index in [1.54, 1.807) is 10.9 Å². The number of amides is 1. The molecule has 112 valence electrons. The van der Waals surface area contributed by atoms with Crippen molar-refractivity contribution in [3.05, 3.63) is 23.0 Å². The third-order valence-corrected chi connectivity index (χ3v) is 4.13. The molecule has 1 amide bonds. The summed E-state index contributed by atoms with van der Waals surface area (Å²) in [6, 6.07) is 0.298. The predicted octanol–water partition coefficient (Wildman–Crippen LogP) is 1.43. The fourth-order valence-electron chi connectivity index (χ4n) is 1.86. The molecule has 3 rings (SSSR count). The minimum absolute atomic E-state index is 0.0279. The van der Waals surface area contributed by atoms with Crippen molar-refractivity contribution in [1.82, 2.24) is 25.3 Å². The Kier molecular flexibility index (Phi) is 3.50. The molecule has 0 radical (unpaired) electrons. The summed E-state index contributed by atoms with van der Waals surface area (Å²) in [7, 11) is 0. The predicted molar refractivity (Wildman–Crippen MR) is 80.7 cm³/mol. The molecule has 21 heavy (non-hydrogen) atoms. The molecule has 2 aromatic heterocycles. The van der Waals surface area contributed by atoms with Gasteiger partial charge < -0.3 is 5.32 Å². The summed E-state index contributed by atoms with van der Waals surface area (Å²) < 4.78 is 1.73. The first-order valence-electron chi connectivity index (χ1n) is 6.83. The molecule has 3 heterocycles. The molecule has 2 N–H and O–H groups in total. The molecule has 1 aliphatic heterocycles. The summed E-state index contributed by atoms with van der Waals surface area (Å²) >= 11 is 1.42. The summed E-state index contributed by atoms with van der Waals surface area (Å²) in [5.41, 5.74) is 1.25. The Hall–Kier alpha value is -1.80. The van der Waals surface area contributed by atoms with E-state index in [-0.39, 0.29) is 11.3 Å². The molecule has 8 heteroatoms. The van der Waals surface area contributed by atoms with Crippen LogP contribution in [0, 0.1) is 0 Å². The number of anilines is 1. The van der Waals surface area contributed by atoms with Gasteiger partial charge in [0.05, 0.1) is 17.9 Å². The van der Waals surface area contributed by atoms with Crippen LogP contribution in [0.3, 0.4) is 0 Å². The number of carbonyl (C=O) groups is 1. The topological polar surface area (TPSA) is 84.7 Å². The molecule has 1 saturated heterocycles. The zero-order chi connectivity index (χ0) is 15.0. The van der Waals surface area contributed by atoms with E-state index in [4.69, 9.17) is 0 Å². The van der Waals surface area contributed by atoms with Gasteiger partial charge in [0.1, 0.15) is 0 Å². The number of nitrogens with one attached hydrogen (secondary N) is 2. The highest BCUT2D eigenvalue weighted by molar-refractivity contribution is 7.14. The molecule has 0 spiro atoms. The molecule has 7 nitrogen and oxygen atoms in total. The SMILES string of the molecule is CC(C)(C)c1csc(NC(=O)c2cn(C3CNC3)nn2)n1. The van der Waals surface area contributed by atoms with Crippen molar-refractivity contribution in [2.45, 2.75) is 32.2 Å². The quantitative estimate of drug-likeness (QED) is 0.896. The van der Waals surface area contributed by atoms with E-state index in [0.717, 1.165) is 18.8 Å². The zero-order valence-corrected chi connectivity index (χ0v) is 13.1. The largest absolute Gasteiger partial charge is 0.312 e. The normalized spacial score (nSPS) is 15.8. The van der Waals surface area contributed by atoms with Gasteiger partial charge in [-0.3, -0.25) is 10.1 Å². The lowest BCUT2D eigenvalue weighted by Gasteiger charge is -2.26. The Labute approximate surface area is 126 Å². The van der Waals surface area contributed by atoms with Crippen molar-refractivity contribution in [2.75, 3.05) is 18.4 Å². The van der Waals surface area contributed by atoms with Crippen LogP contribution in [0.15, 0.2) is 11.6 Å². The molecule has 0 saturated carbocycles. The summed E-state index contributed by atoms with van der Waals surface area (Å²) in [6.45, 7) is 8.00. The van der Waals surface area contributed by atoms with Crippen molar-refractivity contribution < 1.29 is 4.79 Å². The smallest absolute Gasteiger partial charge is 0.279 e. The van der Waals surface area contributed by atoms with E-state index >= 15 is 0 Å². The number of hydrogen-bond acceptors (Lipinski definition) is 6. The maximum absolute atomic E-state index is 12.1. The van der Waals surface area contributed by atoms with Crippen LogP contribution in [0.25, 0.3) is 0 Å². The fraction of sp³-hybridized carbons (Fsp3) is 0.538. The average molecular weight is 306 g/mol. The lowest BCUT2D eigenvalue weighted by atomic mass is 9.93. The van der Waals surface area contributed by atoms with E-state index in [0.29, 0.717) is 16.9 Å². The van der Waals surface area contributed by atoms with Gasteiger partial charge in [-0.25, -0.2) is 9.67 Å². The Morgan fingerprint density at radius 1 is 1.48 bits per heavy atom. The maximum atomic E-state index is 12.1. The second kappa shape index (κ2) is 5.19. The van der Waals surface area contributed by atoms with Crippen LogP contribution >= 0.6 is 11.3 Å². The van der Waals surface area contributed by atoms with E-state index in [1.165, 1.54) is 11.3 Å². The molecule has 0 bridgehead atoms. The molecule has 2 aromatic rings. The fourth-order valence-corrected chi connectivity index (χ4v) is 2.79. The van der Waals surface area contributed by atoms with Crippen LogP contribution in [0.2, 0.25) is 0 Å². The molecular formula is C13H18N6OS. The molecule has 1 aliphatic rings. The van der Waals surface area contributed by atoms with Crippen molar-refractivity contribution in [1.29, 1.82) is 0 Å². The number of aromatic nitrogens is 4. The van der Waals surface area contributed by atoms with E-state index < -0.39 is 0 Å². The van der Waals surface area contributed by atoms with E-state index in [9.17, 15) is 4.79 Å². The Bertz CT molecular complexity index is 652. The average Bonchev–Trinajstić information content (AvgIpc) is 2.94. The monoisotopic (exact) mass is 306 g/mol. The Morgan fingerprint density at radius 2 is 2.24 bits per heavy atom. The van der Waals surface area contributed by atoms with E-state index in [2.05, 4.69) is 46.7 Å². The summed E-state index contributed by atoms with van der Waals surface area (Å²) in [5.74, 6) is -0.275. The van der Waals surface area contributed by atoms with Crippen LogP contribution in [-0.4, -0.2) is 39.0 Å². The van der Waals surface area contributed by atoms with Gasteiger partial charge in [0.2, 0.25) is 0 Å². The van der Waals surface area contributed by atoms with E-state index in [1.807, 2.05) is 5.38 Å². The number of hydrogen-bond donors (Lipinski definition) is 2. The van der Waals surface area contributed by atoms with Gasteiger partial charge in [-0.2, -0.15) is 0 Å². The summed E-state index contributed by atoms with van der Waals surface area (Å²) in [6.07, 6.45) is 1.68. The molecule has 0 aliphatic carbocycles. The number of carbonyl (C=O) groups excluding carboxylic acids is 1. The van der Waals surface area contributed by atoms with Crippen molar-refractivity contribution in [3.8, 4) is 0 Å². The molecule has 0 aromatic carbocycles. The maximum Gasteiger partial charge on any atom is 0.279 e. The van der Waals surface area contributed by atoms with Crippen LogP contribution in [0.5, 0.6) is 0 Å². The lowest BCUT2D eigenvalue weighted by molar-refractivity contribution is 0.102. The third-order valence-electron chi connectivity index (χ3n) is 3.37. The number of rotatable bonds is 3. The Morgan fingerprint density at radius 3 is 2.81 bits per heavy atom. The molecule has 0 atom stereocenters. The van der Waals surface area contributed by atoms with Crippen LogP contribution in [-0.2, 0) is 5.41 Å². The Balaban J connectivity index is 1.68. The molecule has 1 fully saturated rings. The van der Waals surface area contributed by atoms with Crippen LogP contribution in [0.1, 0.15) is 43.0 Å². The number of nitrogens with zero attached hydrogens (tertiary/aromatic N) is 4. The van der Waals surface area contributed by atoms with Gasteiger partial charge in [-0.1, -0.05) is 26.0 Å². The van der Waals surface area contributed by atoms with Gasteiger partial charge in [0, 0.05) is 23.9 Å². The highest BCUT2D eigenvalue weighted by Gasteiger charge is 2.22. The van der Waals surface area contributed by atoms with Crippen molar-refractivity contribution in [3.63, 3.8) is 0 Å². The zero-order valence-electron chi connectivity index (χ0n) is 12.3. The first-order valence-corrected chi connectivity index (χ1v) is 7.71. The van der Waals surface area contributed by atoms with Crippen molar-refractivity contribution in [2.24, 2.45) is 0 Å². The minimum atomic E-state index is -0.275. The highest BCUT2D eigenvalue weighted by Crippen LogP contribution is 2.26. The lowest BCUT2D eigenvalue weighted by Crippen LogP contribution is -2.43. The standard InChI is InChI=1S/C13H18N6OS/c1-13(2,3)10-7-21-12(15-10)16-11(20)9-6-19(18-17-9)8-4-14-5-8/h6-8,14H,4-5H2,1-3H3,(H,15,16,20). The van der Waals surface area contributed by atoms with Gasteiger partial charge in [-0.15, -0.1) is 16.4 Å². The third kappa shape index (κ3) is 2.96. The van der Waals surface area contributed by atoms with Gasteiger partial charge in [0.25, 0.3) is 5.91 Å². The van der Waals surface area contributed by atoms with Gasteiger partial charge in [0.15, 0.2) is 10.8 Å². The summed E-state index contributed by atoms with van der Waals surface area (Å²) in [4.78, 5) is 16.6. The van der Waals surface area contributed by atoms with Crippen LogP contribution < -0.4 is 10.6 Å². The molecular weight excluding hydrogens is 288 g/mol. The first-order chi connectivity index (χ1) is 9.93. The first kappa shape index (κ1) is 14.2. The van der Waals surface area contributed by atoms with Crippen molar-refractivity contribution >= 4 is 22.4 Å². The minimum Gasteiger partial charge on any atom is -0.312 e. The molecule has 0 unspecified atom stereocenters. The second-order valence-corrected chi connectivity index (χ2v) is 7.00. The summed E-state index contributed by atoms with van der Waals surface area (Å²) in [5, 5.41) is 16.4. The number of thiazole rings is 1. The van der Waals surface area contributed by atoms with Gasteiger partial charge >= 0.3 is 0 Å².